The number of aromatic nitrogens is 4. The van der Waals surface area contributed by atoms with E-state index in [1.54, 1.807) is 17.9 Å². The van der Waals surface area contributed by atoms with Gasteiger partial charge in [-0.05, 0) is 43.7 Å². The number of pyridine rings is 1. The highest BCUT2D eigenvalue weighted by molar-refractivity contribution is 6.04. The maximum Gasteiger partial charge on any atom is 0.331 e. The molecule has 0 saturated heterocycles. The third kappa shape index (κ3) is 2.55. The Morgan fingerprint density at radius 1 is 1.14 bits per heavy atom. The Balaban J connectivity index is 1.82. The first-order chi connectivity index (χ1) is 14.1. The van der Waals surface area contributed by atoms with Crippen LogP contribution in [-0.2, 0) is 0 Å². The van der Waals surface area contributed by atoms with E-state index in [9.17, 15) is 4.79 Å². The number of H-pyrrole nitrogens is 1. The fourth-order valence-corrected chi connectivity index (χ4v) is 3.88. The van der Waals surface area contributed by atoms with Crippen molar-refractivity contribution in [3.05, 3.63) is 70.6 Å². The standard InChI is InChI=1S/C22H18N4O3/c1-12-20(13(2)29-25-12)14-8-9-15-16(10-14)23-11-17-21(15)26(22(27)24-17)18-6-4-5-7-19(18)28-3/h4-11H,1-3H3,(H,24,27). The number of imidazole rings is 1. The van der Waals surface area contributed by atoms with E-state index in [0.717, 1.165) is 39.0 Å². The number of aryl methyl sites for hydroxylation is 2. The Morgan fingerprint density at radius 3 is 2.72 bits per heavy atom. The van der Waals surface area contributed by atoms with Crippen LogP contribution in [0.1, 0.15) is 11.5 Å². The maximum absolute atomic E-state index is 12.8. The van der Waals surface area contributed by atoms with Gasteiger partial charge < -0.3 is 14.2 Å². The predicted molar refractivity (Wildman–Crippen MR) is 111 cm³/mol. The number of hydrogen-bond donors (Lipinski definition) is 1. The van der Waals surface area contributed by atoms with E-state index < -0.39 is 0 Å². The molecule has 29 heavy (non-hydrogen) atoms. The van der Waals surface area contributed by atoms with Crippen LogP contribution in [0.4, 0.5) is 0 Å². The van der Waals surface area contributed by atoms with E-state index >= 15 is 0 Å². The third-order valence-electron chi connectivity index (χ3n) is 5.16. The molecule has 0 fully saturated rings. The van der Waals surface area contributed by atoms with Crippen molar-refractivity contribution in [1.29, 1.82) is 0 Å². The van der Waals surface area contributed by atoms with Crippen LogP contribution in [0.2, 0.25) is 0 Å². The van der Waals surface area contributed by atoms with Crippen molar-refractivity contribution in [2.45, 2.75) is 13.8 Å². The molecule has 5 rings (SSSR count). The fourth-order valence-electron chi connectivity index (χ4n) is 3.88. The van der Waals surface area contributed by atoms with Crippen LogP contribution in [-0.4, -0.2) is 26.8 Å². The summed E-state index contributed by atoms with van der Waals surface area (Å²) >= 11 is 0. The van der Waals surface area contributed by atoms with Crippen LogP contribution in [0.3, 0.4) is 0 Å². The number of fused-ring (bicyclic) bond motifs is 3. The second kappa shape index (κ2) is 6.34. The van der Waals surface area contributed by atoms with E-state index in [4.69, 9.17) is 9.26 Å². The average molecular weight is 386 g/mol. The summed E-state index contributed by atoms with van der Waals surface area (Å²) in [5.41, 5.74) is 5.40. The van der Waals surface area contributed by atoms with Crippen LogP contribution in [0.25, 0.3) is 38.8 Å². The summed E-state index contributed by atoms with van der Waals surface area (Å²) in [6.07, 6.45) is 1.68. The van der Waals surface area contributed by atoms with Crippen LogP contribution < -0.4 is 10.4 Å². The predicted octanol–water partition coefficient (Wildman–Crippen LogP) is 4.15. The summed E-state index contributed by atoms with van der Waals surface area (Å²) in [6.45, 7) is 3.81. The molecule has 2 aromatic carbocycles. The summed E-state index contributed by atoms with van der Waals surface area (Å²) in [7, 11) is 1.59. The van der Waals surface area contributed by atoms with Gasteiger partial charge in [0, 0.05) is 10.9 Å². The first-order valence-electron chi connectivity index (χ1n) is 9.18. The molecule has 0 radical (unpaired) electrons. The average Bonchev–Trinajstić information content (AvgIpc) is 3.25. The van der Waals surface area contributed by atoms with Crippen molar-refractivity contribution >= 4 is 21.9 Å². The van der Waals surface area contributed by atoms with Crippen molar-refractivity contribution in [2.75, 3.05) is 7.11 Å². The zero-order valence-electron chi connectivity index (χ0n) is 16.2. The molecule has 7 nitrogen and oxygen atoms in total. The molecular formula is C22H18N4O3. The molecule has 0 spiro atoms. The van der Waals surface area contributed by atoms with Crippen molar-refractivity contribution in [1.82, 2.24) is 19.7 Å². The number of benzene rings is 2. The molecule has 3 heterocycles. The van der Waals surface area contributed by atoms with Crippen LogP contribution >= 0.6 is 0 Å². The summed E-state index contributed by atoms with van der Waals surface area (Å²) in [6, 6.07) is 13.4. The maximum atomic E-state index is 12.8. The Kier molecular flexibility index (Phi) is 3.77. The van der Waals surface area contributed by atoms with E-state index in [1.807, 2.05) is 56.3 Å². The van der Waals surface area contributed by atoms with Crippen molar-refractivity contribution in [2.24, 2.45) is 0 Å². The van der Waals surface area contributed by atoms with Crippen molar-refractivity contribution in [3.63, 3.8) is 0 Å². The Morgan fingerprint density at radius 2 is 1.97 bits per heavy atom. The van der Waals surface area contributed by atoms with E-state index in [-0.39, 0.29) is 5.69 Å². The number of hydrogen-bond acceptors (Lipinski definition) is 5. The second-order valence-corrected chi connectivity index (χ2v) is 6.89. The lowest BCUT2D eigenvalue weighted by atomic mass is 10.0. The first kappa shape index (κ1) is 17.2. The molecule has 0 aliphatic rings. The van der Waals surface area contributed by atoms with Gasteiger partial charge >= 0.3 is 5.69 Å². The van der Waals surface area contributed by atoms with Gasteiger partial charge in [0.1, 0.15) is 11.5 Å². The molecular weight excluding hydrogens is 368 g/mol. The Bertz CT molecular complexity index is 1420. The number of para-hydroxylation sites is 2. The quantitative estimate of drug-likeness (QED) is 0.503. The largest absolute Gasteiger partial charge is 0.495 e. The van der Waals surface area contributed by atoms with E-state index in [1.165, 1.54) is 0 Å². The SMILES string of the molecule is COc1ccccc1-n1c(=O)[nH]c2cnc3cc(-c4c(C)noc4C)ccc3c21. The lowest BCUT2D eigenvalue weighted by molar-refractivity contribution is 0.393. The van der Waals surface area contributed by atoms with Crippen molar-refractivity contribution in [3.8, 4) is 22.6 Å². The molecule has 1 N–H and O–H groups in total. The van der Waals surface area contributed by atoms with Crippen LogP contribution in [0.5, 0.6) is 5.75 Å². The number of nitrogens with one attached hydrogen (secondary N) is 1. The number of methoxy groups -OCH3 is 1. The highest BCUT2D eigenvalue weighted by Gasteiger charge is 2.17. The molecule has 5 aromatic rings. The topological polar surface area (TPSA) is 85.9 Å². The molecule has 0 amide bonds. The minimum Gasteiger partial charge on any atom is -0.495 e. The number of nitrogens with zero attached hydrogens (tertiary/aromatic N) is 3. The van der Waals surface area contributed by atoms with Gasteiger partial charge in [-0.25, -0.2) is 4.79 Å². The zero-order chi connectivity index (χ0) is 20.1. The van der Waals surface area contributed by atoms with Gasteiger partial charge in [0.15, 0.2) is 0 Å². The number of aromatic amines is 1. The minimum atomic E-state index is -0.242. The smallest absolute Gasteiger partial charge is 0.331 e. The number of rotatable bonds is 3. The van der Waals surface area contributed by atoms with Gasteiger partial charge in [0.2, 0.25) is 0 Å². The first-order valence-corrected chi connectivity index (χ1v) is 9.18. The molecule has 0 saturated carbocycles. The molecule has 0 aliphatic heterocycles. The second-order valence-electron chi connectivity index (χ2n) is 6.89. The van der Waals surface area contributed by atoms with Gasteiger partial charge in [0.25, 0.3) is 0 Å². The monoisotopic (exact) mass is 386 g/mol. The van der Waals surface area contributed by atoms with Crippen LogP contribution in [0.15, 0.2) is 58.0 Å². The van der Waals surface area contributed by atoms with E-state index in [2.05, 4.69) is 15.1 Å². The molecule has 7 heteroatoms. The summed E-state index contributed by atoms with van der Waals surface area (Å²) in [5.74, 6) is 1.38. The lowest BCUT2D eigenvalue weighted by Gasteiger charge is -2.10. The van der Waals surface area contributed by atoms with E-state index in [0.29, 0.717) is 17.0 Å². The normalized spacial score (nSPS) is 11.4. The van der Waals surface area contributed by atoms with Gasteiger partial charge in [-0.1, -0.05) is 23.4 Å². The Labute approximate surface area is 165 Å². The fraction of sp³-hybridized carbons (Fsp3) is 0.136. The molecule has 3 aromatic heterocycles. The van der Waals surface area contributed by atoms with Gasteiger partial charge in [-0.15, -0.1) is 0 Å². The molecule has 144 valence electrons. The third-order valence-corrected chi connectivity index (χ3v) is 5.16. The zero-order valence-corrected chi connectivity index (χ0v) is 16.2. The van der Waals surface area contributed by atoms with Gasteiger partial charge in [0.05, 0.1) is 41.2 Å². The van der Waals surface area contributed by atoms with Gasteiger partial charge in [-0.2, -0.15) is 0 Å². The highest BCUT2D eigenvalue weighted by Crippen LogP contribution is 2.32. The summed E-state index contributed by atoms with van der Waals surface area (Å²) in [5, 5.41) is 4.90. The summed E-state index contributed by atoms with van der Waals surface area (Å²) < 4.78 is 12.4. The lowest BCUT2D eigenvalue weighted by Crippen LogP contribution is -2.15. The van der Waals surface area contributed by atoms with Crippen molar-refractivity contribution < 1.29 is 9.26 Å². The summed E-state index contributed by atoms with van der Waals surface area (Å²) in [4.78, 5) is 20.3. The van der Waals surface area contributed by atoms with Gasteiger partial charge in [-0.3, -0.25) is 9.55 Å². The molecule has 0 atom stereocenters. The molecule has 0 aliphatic carbocycles. The Hall–Kier alpha value is -3.87. The number of ether oxygens (including phenoxy) is 1. The van der Waals surface area contributed by atoms with Crippen LogP contribution in [0, 0.1) is 13.8 Å². The molecule has 0 bridgehead atoms. The molecule has 0 unspecified atom stereocenters. The highest BCUT2D eigenvalue weighted by atomic mass is 16.5. The minimum absolute atomic E-state index is 0.242.